The van der Waals surface area contributed by atoms with Crippen LogP contribution in [0.5, 0.6) is 0 Å². The fraction of sp³-hybridized carbons (Fsp3) is 0.857. The Kier molecular flexibility index (Phi) is 5.73. The molecular formula is C7H15S. The maximum Gasteiger partial charge on any atom is -0.00701 e. The van der Waals surface area contributed by atoms with E-state index in [1.807, 2.05) is 11.8 Å². The lowest BCUT2D eigenvalue weighted by Gasteiger charge is -1.99. The fourth-order valence-corrected chi connectivity index (χ4v) is 1.00. The third-order valence-corrected chi connectivity index (χ3v) is 1.72. The zero-order valence-electron chi connectivity index (χ0n) is 6.03. The van der Waals surface area contributed by atoms with Crippen LogP contribution in [0.3, 0.4) is 0 Å². The molecule has 0 aliphatic rings. The molecule has 0 spiro atoms. The summed E-state index contributed by atoms with van der Waals surface area (Å²) >= 11 is 1.93. The lowest BCUT2D eigenvalue weighted by Crippen LogP contribution is -1.85. The van der Waals surface area contributed by atoms with Gasteiger partial charge < -0.3 is 0 Å². The van der Waals surface area contributed by atoms with E-state index in [9.17, 15) is 0 Å². The van der Waals surface area contributed by atoms with Gasteiger partial charge in [0.15, 0.2) is 0 Å². The van der Waals surface area contributed by atoms with E-state index in [4.69, 9.17) is 0 Å². The summed E-state index contributed by atoms with van der Waals surface area (Å²) < 4.78 is 0. The third kappa shape index (κ3) is 6.35. The minimum atomic E-state index is 1.31. The Labute approximate surface area is 57.1 Å². The molecule has 1 radical (unpaired) electrons. The zero-order valence-corrected chi connectivity index (χ0v) is 6.85. The van der Waals surface area contributed by atoms with Gasteiger partial charge in [0.25, 0.3) is 0 Å². The van der Waals surface area contributed by atoms with Gasteiger partial charge in [-0.2, -0.15) is 11.8 Å². The first-order chi connectivity index (χ1) is 3.77. The summed E-state index contributed by atoms with van der Waals surface area (Å²) in [4.78, 5) is 0. The number of hydrogen-bond donors (Lipinski definition) is 0. The molecule has 1 heteroatoms. The SMILES string of the molecule is CSCCC[C](C)C. The van der Waals surface area contributed by atoms with Crippen molar-refractivity contribution < 1.29 is 0 Å². The first kappa shape index (κ1) is 8.35. The molecule has 0 atom stereocenters. The Bertz CT molecular complexity index is 41.7. The second kappa shape index (κ2) is 5.49. The van der Waals surface area contributed by atoms with Crippen molar-refractivity contribution in [1.82, 2.24) is 0 Å². The van der Waals surface area contributed by atoms with Crippen LogP contribution in [0.25, 0.3) is 0 Å². The Morgan fingerprint density at radius 1 is 1.38 bits per heavy atom. The smallest absolute Gasteiger partial charge is 0.00701 e. The molecule has 0 nitrogen and oxygen atoms in total. The van der Waals surface area contributed by atoms with Crippen molar-refractivity contribution in [2.24, 2.45) is 0 Å². The fourth-order valence-electron chi connectivity index (χ4n) is 0.570. The number of hydrogen-bond acceptors (Lipinski definition) is 1. The molecule has 0 aromatic heterocycles. The first-order valence-electron chi connectivity index (χ1n) is 3.05. The van der Waals surface area contributed by atoms with E-state index in [0.717, 1.165) is 0 Å². The maximum absolute atomic E-state index is 2.19. The van der Waals surface area contributed by atoms with E-state index >= 15 is 0 Å². The van der Waals surface area contributed by atoms with Crippen LogP contribution in [0.15, 0.2) is 0 Å². The molecular weight excluding hydrogens is 116 g/mol. The van der Waals surface area contributed by atoms with E-state index in [1.54, 1.807) is 5.92 Å². The minimum Gasteiger partial charge on any atom is -0.165 e. The summed E-state index contributed by atoms with van der Waals surface area (Å²) in [7, 11) is 0. The molecule has 0 amide bonds. The molecule has 0 rings (SSSR count). The zero-order chi connectivity index (χ0) is 6.41. The molecule has 0 bridgehead atoms. The molecule has 0 aliphatic carbocycles. The van der Waals surface area contributed by atoms with Crippen LogP contribution in [0, 0.1) is 5.92 Å². The molecule has 49 valence electrons. The Hall–Kier alpha value is 0.350. The van der Waals surface area contributed by atoms with Crippen LogP contribution < -0.4 is 0 Å². The van der Waals surface area contributed by atoms with Crippen LogP contribution in [-0.2, 0) is 0 Å². The van der Waals surface area contributed by atoms with Crippen LogP contribution >= 0.6 is 11.8 Å². The summed E-state index contributed by atoms with van der Waals surface area (Å²) in [6.45, 7) is 4.39. The topological polar surface area (TPSA) is 0 Å². The summed E-state index contributed by atoms with van der Waals surface area (Å²) in [5.74, 6) is 2.87. The van der Waals surface area contributed by atoms with Crippen molar-refractivity contribution in [2.75, 3.05) is 12.0 Å². The lowest BCUT2D eigenvalue weighted by atomic mass is 10.1. The molecule has 0 aliphatic heterocycles. The molecule has 0 aromatic carbocycles. The van der Waals surface area contributed by atoms with Gasteiger partial charge in [-0.1, -0.05) is 13.8 Å². The van der Waals surface area contributed by atoms with Crippen molar-refractivity contribution in [3.63, 3.8) is 0 Å². The standard InChI is InChI=1S/C7H15S/c1-7(2)5-4-6-8-3/h4-6H2,1-3H3. The average Bonchev–Trinajstić information content (AvgIpc) is 1.66. The van der Waals surface area contributed by atoms with Gasteiger partial charge in [-0.25, -0.2) is 0 Å². The van der Waals surface area contributed by atoms with Crippen molar-refractivity contribution in [3.8, 4) is 0 Å². The molecule has 0 saturated heterocycles. The van der Waals surface area contributed by atoms with Crippen LogP contribution in [0.2, 0.25) is 0 Å². The van der Waals surface area contributed by atoms with Gasteiger partial charge >= 0.3 is 0 Å². The van der Waals surface area contributed by atoms with Crippen molar-refractivity contribution >= 4 is 11.8 Å². The van der Waals surface area contributed by atoms with Crippen molar-refractivity contribution in [2.45, 2.75) is 26.7 Å². The van der Waals surface area contributed by atoms with Crippen molar-refractivity contribution in [3.05, 3.63) is 5.92 Å². The van der Waals surface area contributed by atoms with E-state index in [1.165, 1.54) is 18.6 Å². The minimum absolute atomic E-state index is 1.31. The highest BCUT2D eigenvalue weighted by Crippen LogP contribution is 2.08. The highest BCUT2D eigenvalue weighted by Gasteiger charge is 1.91. The quantitative estimate of drug-likeness (QED) is 0.529. The van der Waals surface area contributed by atoms with Gasteiger partial charge in [0, 0.05) is 0 Å². The lowest BCUT2D eigenvalue weighted by molar-refractivity contribution is 0.815. The van der Waals surface area contributed by atoms with Gasteiger partial charge in [0.1, 0.15) is 0 Å². The molecule has 0 unspecified atom stereocenters. The predicted molar refractivity (Wildman–Crippen MR) is 42.2 cm³/mol. The van der Waals surface area contributed by atoms with Gasteiger partial charge in [0.05, 0.1) is 0 Å². The Morgan fingerprint density at radius 3 is 2.38 bits per heavy atom. The summed E-state index contributed by atoms with van der Waals surface area (Å²) in [5, 5.41) is 0. The van der Waals surface area contributed by atoms with E-state index in [2.05, 4.69) is 20.1 Å². The van der Waals surface area contributed by atoms with Crippen molar-refractivity contribution in [1.29, 1.82) is 0 Å². The van der Waals surface area contributed by atoms with Gasteiger partial charge in [0.2, 0.25) is 0 Å². The molecule has 0 heterocycles. The van der Waals surface area contributed by atoms with E-state index in [0.29, 0.717) is 0 Å². The Morgan fingerprint density at radius 2 is 2.00 bits per heavy atom. The molecule has 0 saturated carbocycles. The van der Waals surface area contributed by atoms with E-state index < -0.39 is 0 Å². The normalized spacial score (nSPS) is 10.5. The maximum atomic E-state index is 2.19. The summed E-state index contributed by atoms with van der Waals surface area (Å²) in [6, 6.07) is 0. The molecule has 0 aromatic rings. The van der Waals surface area contributed by atoms with Crippen LogP contribution in [-0.4, -0.2) is 12.0 Å². The summed E-state index contributed by atoms with van der Waals surface area (Å²) in [6.07, 6.45) is 4.81. The highest BCUT2D eigenvalue weighted by molar-refractivity contribution is 7.98. The first-order valence-corrected chi connectivity index (χ1v) is 4.44. The van der Waals surface area contributed by atoms with Gasteiger partial charge in [-0.05, 0) is 30.8 Å². The second-order valence-corrected chi connectivity index (χ2v) is 3.29. The molecule has 0 fully saturated rings. The number of rotatable bonds is 4. The summed E-state index contributed by atoms with van der Waals surface area (Å²) in [5.41, 5.74) is 0. The van der Waals surface area contributed by atoms with Gasteiger partial charge in [-0.15, -0.1) is 0 Å². The van der Waals surface area contributed by atoms with Crippen LogP contribution in [0.1, 0.15) is 26.7 Å². The number of thioether (sulfide) groups is 1. The largest absolute Gasteiger partial charge is 0.165 e. The highest BCUT2D eigenvalue weighted by atomic mass is 32.2. The van der Waals surface area contributed by atoms with E-state index in [-0.39, 0.29) is 0 Å². The second-order valence-electron chi connectivity index (χ2n) is 2.30. The Balaban J connectivity index is 2.72. The van der Waals surface area contributed by atoms with Crippen LogP contribution in [0.4, 0.5) is 0 Å². The third-order valence-electron chi connectivity index (χ3n) is 1.03. The molecule has 0 N–H and O–H groups in total. The average molecular weight is 131 g/mol. The van der Waals surface area contributed by atoms with Gasteiger partial charge in [-0.3, -0.25) is 0 Å². The molecule has 8 heavy (non-hydrogen) atoms. The predicted octanol–water partition coefficient (Wildman–Crippen LogP) is 2.74. The monoisotopic (exact) mass is 131 g/mol.